The second kappa shape index (κ2) is 12.3. The van der Waals surface area contributed by atoms with E-state index >= 15 is 0 Å². The zero-order chi connectivity index (χ0) is 26.2. The van der Waals surface area contributed by atoms with Crippen molar-refractivity contribution in [2.24, 2.45) is 0 Å². The smallest absolute Gasteiger partial charge is 0.246 e. The number of rotatable bonds is 11. The van der Waals surface area contributed by atoms with Crippen LogP contribution in [-0.2, 0) is 22.6 Å². The van der Waals surface area contributed by atoms with Gasteiger partial charge in [-0.2, -0.15) is 4.80 Å². The van der Waals surface area contributed by atoms with Gasteiger partial charge >= 0.3 is 0 Å². The molecule has 0 aliphatic heterocycles. The van der Waals surface area contributed by atoms with Gasteiger partial charge in [-0.3, -0.25) is 9.59 Å². The highest BCUT2D eigenvalue weighted by Crippen LogP contribution is 2.27. The Balaban J connectivity index is 1.44. The molecule has 2 amide bonds. The van der Waals surface area contributed by atoms with E-state index in [0.717, 1.165) is 31.2 Å². The van der Waals surface area contributed by atoms with Crippen LogP contribution >= 0.6 is 0 Å². The van der Waals surface area contributed by atoms with Gasteiger partial charge in [0.15, 0.2) is 11.5 Å². The molecule has 10 nitrogen and oxygen atoms in total. The second-order valence-electron chi connectivity index (χ2n) is 8.95. The Bertz CT molecular complexity index is 1210. The zero-order valence-corrected chi connectivity index (χ0v) is 21.0. The number of ether oxygens (including phenoxy) is 2. The maximum Gasteiger partial charge on any atom is 0.246 e. The average Bonchev–Trinajstić information content (AvgIpc) is 3.59. The molecule has 0 atom stereocenters. The summed E-state index contributed by atoms with van der Waals surface area (Å²) in [4.78, 5) is 28.7. The molecule has 3 aromatic rings. The van der Waals surface area contributed by atoms with Gasteiger partial charge in [0.1, 0.15) is 12.4 Å². The van der Waals surface area contributed by atoms with E-state index in [-0.39, 0.29) is 42.6 Å². The Morgan fingerprint density at radius 3 is 2.51 bits per heavy atom. The van der Waals surface area contributed by atoms with Crippen LogP contribution in [0.4, 0.5) is 4.39 Å². The Hall–Kier alpha value is -4.02. The van der Waals surface area contributed by atoms with Gasteiger partial charge in [-0.05, 0) is 66.4 Å². The quantitative estimate of drug-likeness (QED) is 0.422. The van der Waals surface area contributed by atoms with Crippen LogP contribution in [0.15, 0.2) is 42.5 Å². The van der Waals surface area contributed by atoms with Crippen molar-refractivity contribution < 1.29 is 23.5 Å². The lowest BCUT2D eigenvalue weighted by Crippen LogP contribution is -2.45. The van der Waals surface area contributed by atoms with Crippen LogP contribution in [-0.4, -0.2) is 70.3 Å². The molecule has 1 saturated carbocycles. The summed E-state index contributed by atoms with van der Waals surface area (Å²) in [6.45, 7) is 0.0604. The number of amides is 2. The predicted molar refractivity (Wildman–Crippen MR) is 133 cm³/mol. The summed E-state index contributed by atoms with van der Waals surface area (Å²) in [6, 6.07) is 11.4. The van der Waals surface area contributed by atoms with Crippen molar-refractivity contribution in [3.8, 4) is 22.9 Å². The highest BCUT2D eigenvalue weighted by Gasteiger charge is 2.22. The molecule has 0 bridgehead atoms. The number of nitrogens with zero attached hydrogens (tertiary/aromatic N) is 5. The number of halogens is 1. The van der Waals surface area contributed by atoms with E-state index in [1.165, 1.54) is 21.8 Å². The second-order valence-corrected chi connectivity index (χ2v) is 8.95. The summed E-state index contributed by atoms with van der Waals surface area (Å²) in [5.74, 6) is 0.619. The van der Waals surface area contributed by atoms with Crippen LogP contribution in [0.25, 0.3) is 11.4 Å². The van der Waals surface area contributed by atoms with Crippen molar-refractivity contribution in [3.63, 3.8) is 0 Å². The van der Waals surface area contributed by atoms with Crippen molar-refractivity contribution in [2.45, 2.75) is 44.7 Å². The zero-order valence-electron chi connectivity index (χ0n) is 21.0. The van der Waals surface area contributed by atoms with E-state index < -0.39 is 0 Å². The third-order valence-corrected chi connectivity index (χ3v) is 6.36. The fourth-order valence-electron chi connectivity index (χ4n) is 4.35. The SMILES string of the molecule is COc1ccc(CCN(CC(=O)NC2CCCC2)C(=O)Cn2nnc(-c3ccc(F)cc3)n2)cc1OC. The molecular weight excluding hydrogens is 479 g/mol. The molecule has 1 aliphatic carbocycles. The van der Waals surface area contributed by atoms with E-state index in [2.05, 4.69) is 20.7 Å². The molecule has 0 unspecified atom stereocenters. The maximum absolute atomic E-state index is 13.2. The number of nitrogens with one attached hydrogen (secondary N) is 1. The molecule has 1 aliphatic rings. The van der Waals surface area contributed by atoms with E-state index in [0.29, 0.717) is 30.0 Å². The van der Waals surface area contributed by atoms with Gasteiger partial charge in [-0.25, -0.2) is 4.39 Å². The Morgan fingerprint density at radius 2 is 1.81 bits per heavy atom. The van der Waals surface area contributed by atoms with Gasteiger partial charge in [0, 0.05) is 18.2 Å². The van der Waals surface area contributed by atoms with Crippen LogP contribution < -0.4 is 14.8 Å². The molecule has 2 aromatic carbocycles. The normalized spacial score (nSPS) is 13.4. The standard InChI is InChI=1S/C26H31FN6O4/c1-36-22-12-7-18(15-23(22)37-2)13-14-32(16-24(34)28-21-5-3-4-6-21)25(35)17-33-30-26(29-31-33)19-8-10-20(27)11-9-19/h7-12,15,21H,3-6,13-14,16-17H2,1-2H3,(H,28,34). The number of carbonyl (C=O) groups excluding carboxylic acids is 2. The Kier molecular flexibility index (Phi) is 8.65. The maximum atomic E-state index is 13.2. The summed E-state index contributed by atoms with van der Waals surface area (Å²) in [6.07, 6.45) is 4.62. The third-order valence-electron chi connectivity index (χ3n) is 6.36. The molecule has 0 spiro atoms. The van der Waals surface area contributed by atoms with E-state index in [9.17, 15) is 14.0 Å². The van der Waals surface area contributed by atoms with Crippen molar-refractivity contribution in [1.82, 2.24) is 30.4 Å². The van der Waals surface area contributed by atoms with Crippen LogP contribution in [0.2, 0.25) is 0 Å². The van der Waals surface area contributed by atoms with E-state index in [4.69, 9.17) is 9.47 Å². The fraction of sp³-hybridized carbons (Fsp3) is 0.423. The fourth-order valence-corrected chi connectivity index (χ4v) is 4.35. The highest BCUT2D eigenvalue weighted by atomic mass is 19.1. The lowest BCUT2D eigenvalue weighted by molar-refractivity contribution is -0.137. The van der Waals surface area contributed by atoms with Crippen LogP contribution in [0.3, 0.4) is 0 Å². The number of methoxy groups -OCH3 is 2. The lowest BCUT2D eigenvalue weighted by atomic mass is 10.1. The molecule has 1 heterocycles. The summed E-state index contributed by atoms with van der Waals surface area (Å²) in [5.41, 5.74) is 1.52. The monoisotopic (exact) mass is 510 g/mol. The van der Waals surface area contributed by atoms with Crippen molar-refractivity contribution >= 4 is 11.8 Å². The van der Waals surface area contributed by atoms with Gasteiger partial charge in [0.2, 0.25) is 17.6 Å². The molecule has 11 heteroatoms. The van der Waals surface area contributed by atoms with Gasteiger partial charge in [0.05, 0.1) is 20.8 Å². The van der Waals surface area contributed by atoms with Crippen LogP contribution in [0.1, 0.15) is 31.2 Å². The molecule has 0 radical (unpaired) electrons. The summed E-state index contributed by atoms with van der Waals surface area (Å²) in [5, 5.41) is 15.2. The number of benzene rings is 2. The lowest BCUT2D eigenvalue weighted by Gasteiger charge is -2.23. The van der Waals surface area contributed by atoms with Gasteiger partial charge in [-0.1, -0.05) is 18.9 Å². The summed E-state index contributed by atoms with van der Waals surface area (Å²) in [7, 11) is 3.14. The van der Waals surface area contributed by atoms with Gasteiger partial charge in [0.25, 0.3) is 0 Å². The van der Waals surface area contributed by atoms with E-state index in [1.807, 2.05) is 18.2 Å². The first kappa shape index (κ1) is 26.1. The minimum absolute atomic E-state index is 0.0673. The van der Waals surface area contributed by atoms with Crippen LogP contribution in [0, 0.1) is 5.82 Å². The number of hydrogen-bond donors (Lipinski definition) is 1. The minimum Gasteiger partial charge on any atom is -0.493 e. The molecule has 4 rings (SSSR count). The first-order valence-electron chi connectivity index (χ1n) is 12.3. The molecule has 1 aromatic heterocycles. The average molecular weight is 511 g/mol. The van der Waals surface area contributed by atoms with Crippen molar-refractivity contribution in [2.75, 3.05) is 27.3 Å². The van der Waals surface area contributed by atoms with Crippen molar-refractivity contribution in [1.29, 1.82) is 0 Å². The van der Waals surface area contributed by atoms with Crippen LogP contribution in [0.5, 0.6) is 11.5 Å². The Morgan fingerprint density at radius 1 is 1.08 bits per heavy atom. The molecular formula is C26H31FN6O4. The predicted octanol–water partition coefficient (Wildman–Crippen LogP) is 2.63. The number of tetrazole rings is 1. The molecule has 196 valence electrons. The molecule has 1 fully saturated rings. The largest absolute Gasteiger partial charge is 0.493 e. The number of aromatic nitrogens is 4. The first-order chi connectivity index (χ1) is 17.9. The molecule has 37 heavy (non-hydrogen) atoms. The van der Waals surface area contributed by atoms with E-state index in [1.54, 1.807) is 26.4 Å². The minimum atomic E-state index is -0.368. The molecule has 1 N–H and O–H groups in total. The van der Waals surface area contributed by atoms with Crippen molar-refractivity contribution in [3.05, 3.63) is 53.8 Å². The van der Waals surface area contributed by atoms with Gasteiger partial charge in [-0.15, -0.1) is 10.2 Å². The third kappa shape index (κ3) is 7.02. The Labute approximate surface area is 214 Å². The first-order valence-corrected chi connectivity index (χ1v) is 12.3. The number of carbonyl (C=O) groups is 2. The van der Waals surface area contributed by atoms with Gasteiger partial charge < -0.3 is 19.7 Å². The molecule has 0 saturated heterocycles. The highest BCUT2D eigenvalue weighted by molar-refractivity contribution is 5.84. The summed E-state index contributed by atoms with van der Waals surface area (Å²) >= 11 is 0. The number of hydrogen-bond acceptors (Lipinski definition) is 7. The summed E-state index contributed by atoms with van der Waals surface area (Å²) < 4.78 is 23.9. The topological polar surface area (TPSA) is 111 Å².